The molecule has 1 aliphatic rings. The van der Waals surface area contributed by atoms with Gasteiger partial charge in [-0.15, -0.1) is 0 Å². The van der Waals surface area contributed by atoms with Gasteiger partial charge in [-0.2, -0.15) is 0 Å². The highest BCUT2D eigenvalue weighted by Crippen LogP contribution is 2.23. The van der Waals surface area contributed by atoms with Gasteiger partial charge in [0.05, 0.1) is 13.7 Å². The maximum Gasteiger partial charge on any atom is 0.334 e. The molecule has 1 aromatic heterocycles. The number of nitrogens with zero attached hydrogens (tertiary/aromatic N) is 1. The number of aliphatic hydroxyl groups excluding tert-OH is 1. The van der Waals surface area contributed by atoms with Gasteiger partial charge in [0.2, 0.25) is 0 Å². The first-order valence-electron chi connectivity index (χ1n) is 6.32. The maximum atomic E-state index is 11.3. The van der Waals surface area contributed by atoms with E-state index in [0.29, 0.717) is 0 Å². The third-order valence-electron chi connectivity index (χ3n) is 3.53. The Hall–Kier alpha value is -0.850. The zero-order valence-electron chi connectivity index (χ0n) is 10.8. The van der Waals surface area contributed by atoms with Crippen molar-refractivity contribution in [3.8, 4) is 0 Å². The lowest BCUT2D eigenvalue weighted by Crippen LogP contribution is -2.40. The maximum absolute atomic E-state index is 11.3. The summed E-state index contributed by atoms with van der Waals surface area (Å²) in [6.07, 6.45) is 0.584. The summed E-state index contributed by atoms with van der Waals surface area (Å²) in [4.78, 5) is 13.5. The largest absolute Gasteiger partial charge is 0.467 e. The molecule has 0 spiro atoms. The Balaban J connectivity index is 1.80. The number of hydrogen-bond acceptors (Lipinski definition) is 5. The van der Waals surface area contributed by atoms with E-state index in [4.69, 9.17) is 4.42 Å². The molecule has 0 bridgehead atoms. The predicted molar refractivity (Wildman–Crippen MR) is 72.4 cm³/mol. The van der Waals surface area contributed by atoms with Gasteiger partial charge >= 0.3 is 5.97 Å². The minimum atomic E-state index is -0.995. The molecule has 0 amide bonds. The zero-order chi connectivity index (χ0) is 13.8. The van der Waals surface area contributed by atoms with E-state index in [0.717, 1.165) is 42.9 Å². The van der Waals surface area contributed by atoms with Crippen molar-refractivity contribution in [3.63, 3.8) is 0 Å². The van der Waals surface area contributed by atoms with Gasteiger partial charge in [0, 0.05) is 0 Å². The number of piperidine rings is 1. The predicted octanol–water partition coefficient (Wildman–Crippen LogP) is 1.79. The third-order valence-corrected chi connectivity index (χ3v) is 3.96. The summed E-state index contributed by atoms with van der Waals surface area (Å²) in [7, 11) is 1.30. The van der Waals surface area contributed by atoms with Gasteiger partial charge in [0.15, 0.2) is 10.8 Å². The standard InChI is InChI=1S/C13H18BrNO4/c1-18-13(17)12(16)9-4-6-15(7-5-9)8-10-2-3-11(14)19-10/h2-3,9,12,16H,4-8H2,1H3/t12-/m1/s1. The quantitative estimate of drug-likeness (QED) is 0.852. The van der Waals surface area contributed by atoms with Crippen LogP contribution in [0.1, 0.15) is 18.6 Å². The van der Waals surface area contributed by atoms with Crippen LogP contribution in [0.3, 0.4) is 0 Å². The SMILES string of the molecule is COC(=O)[C@H](O)C1CCN(Cc2ccc(Br)o2)CC1. The second-order valence-corrected chi connectivity index (χ2v) is 5.57. The fraction of sp³-hybridized carbons (Fsp3) is 0.615. The number of furan rings is 1. The number of rotatable bonds is 4. The Bertz CT molecular complexity index is 426. The van der Waals surface area contributed by atoms with Gasteiger partial charge in [-0.05, 0) is 59.9 Å². The molecule has 1 aromatic rings. The number of likely N-dealkylation sites (tertiary alicyclic amines) is 1. The topological polar surface area (TPSA) is 62.9 Å². The van der Waals surface area contributed by atoms with Crippen LogP contribution in [-0.4, -0.2) is 42.3 Å². The molecular formula is C13H18BrNO4. The van der Waals surface area contributed by atoms with Crippen molar-refractivity contribution in [2.24, 2.45) is 5.92 Å². The summed E-state index contributed by atoms with van der Waals surface area (Å²) < 4.78 is 10.8. The second kappa shape index (κ2) is 6.54. The van der Waals surface area contributed by atoms with Crippen molar-refractivity contribution in [2.75, 3.05) is 20.2 Å². The molecule has 19 heavy (non-hydrogen) atoms. The Labute approximate surface area is 120 Å². The van der Waals surface area contributed by atoms with E-state index in [1.165, 1.54) is 7.11 Å². The van der Waals surface area contributed by atoms with E-state index in [1.54, 1.807) is 0 Å². The number of hydrogen-bond donors (Lipinski definition) is 1. The summed E-state index contributed by atoms with van der Waals surface area (Å²) in [5, 5.41) is 9.80. The molecular weight excluding hydrogens is 314 g/mol. The monoisotopic (exact) mass is 331 g/mol. The van der Waals surface area contributed by atoms with E-state index >= 15 is 0 Å². The Morgan fingerprint density at radius 3 is 2.79 bits per heavy atom. The van der Waals surface area contributed by atoms with E-state index < -0.39 is 12.1 Å². The smallest absolute Gasteiger partial charge is 0.334 e. The normalized spacial score (nSPS) is 19.3. The molecule has 1 N–H and O–H groups in total. The Morgan fingerprint density at radius 1 is 1.58 bits per heavy atom. The van der Waals surface area contributed by atoms with Crippen LogP contribution in [0.25, 0.3) is 0 Å². The van der Waals surface area contributed by atoms with Crippen molar-refractivity contribution >= 4 is 21.9 Å². The van der Waals surface area contributed by atoms with Crippen molar-refractivity contribution in [1.29, 1.82) is 0 Å². The first kappa shape index (κ1) is 14.6. The minimum Gasteiger partial charge on any atom is -0.467 e. The molecule has 1 aliphatic heterocycles. The fourth-order valence-electron chi connectivity index (χ4n) is 2.40. The lowest BCUT2D eigenvalue weighted by molar-refractivity contribution is -0.154. The first-order valence-corrected chi connectivity index (χ1v) is 7.12. The molecule has 2 rings (SSSR count). The van der Waals surface area contributed by atoms with Crippen LogP contribution in [0, 0.1) is 5.92 Å². The minimum absolute atomic E-state index is 0.00737. The molecule has 0 aromatic carbocycles. The zero-order valence-corrected chi connectivity index (χ0v) is 12.4. The van der Waals surface area contributed by atoms with Crippen molar-refractivity contribution < 1.29 is 19.1 Å². The van der Waals surface area contributed by atoms with Crippen LogP contribution in [0.5, 0.6) is 0 Å². The van der Waals surface area contributed by atoms with Gasteiger partial charge in [-0.1, -0.05) is 0 Å². The van der Waals surface area contributed by atoms with Crippen LogP contribution < -0.4 is 0 Å². The molecule has 5 nitrogen and oxygen atoms in total. The fourth-order valence-corrected chi connectivity index (χ4v) is 2.74. The summed E-state index contributed by atoms with van der Waals surface area (Å²) in [5.41, 5.74) is 0. The van der Waals surface area contributed by atoms with Crippen LogP contribution in [0.2, 0.25) is 0 Å². The molecule has 6 heteroatoms. The van der Waals surface area contributed by atoms with Crippen LogP contribution in [-0.2, 0) is 16.1 Å². The lowest BCUT2D eigenvalue weighted by atomic mass is 9.91. The summed E-state index contributed by atoms with van der Waals surface area (Å²) in [6.45, 7) is 2.45. The lowest BCUT2D eigenvalue weighted by Gasteiger charge is -2.32. The average molecular weight is 332 g/mol. The number of methoxy groups -OCH3 is 1. The van der Waals surface area contributed by atoms with Crippen LogP contribution in [0.15, 0.2) is 21.2 Å². The number of carbonyl (C=O) groups is 1. The van der Waals surface area contributed by atoms with E-state index in [-0.39, 0.29) is 5.92 Å². The average Bonchev–Trinajstić information content (AvgIpc) is 2.83. The van der Waals surface area contributed by atoms with Gasteiger partial charge in [-0.25, -0.2) is 4.79 Å². The Kier molecular flexibility index (Phi) is 5.01. The number of ether oxygens (including phenoxy) is 1. The van der Waals surface area contributed by atoms with E-state index in [2.05, 4.69) is 25.6 Å². The first-order chi connectivity index (χ1) is 9.10. The van der Waals surface area contributed by atoms with Gasteiger partial charge in [0.1, 0.15) is 5.76 Å². The summed E-state index contributed by atoms with van der Waals surface area (Å²) >= 11 is 3.28. The molecule has 1 saturated heterocycles. The number of carbonyl (C=O) groups excluding carboxylic acids is 1. The number of aliphatic hydroxyl groups is 1. The second-order valence-electron chi connectivity index (χ2n) is 4.79. The molecule has 0 radical (unpaired) electrons. The molecule has 106 valence electrons. The highest BCUT2D eigenvalue weighted by Gasteiger charge is 2.30. The Morgan fingerprint density at radius 2 is 2.26 bits per heavy atom. The number of halogens is 1. The molecule has 0 unspecified atom stereocenters. The van der Waals surface area contributed by atoms with Crippen LogP contribution >= 0.6 is 15.9 Å². The van der Waals surface area contributed by atoms with Crippen molar-refractivity contribution in [1.82, 2.24) is 4.90 Å². The summed E-state index contributed by atoms with van der Waals surface area (Å²) in [5.74, 6) is 0.374. The van der Waals surface area contributed by atoms with E-state index in [9.17, 15) is 9.90 Å². The highest BCUT2D eigenvalue weighted by molar-refractivity contribution is 9.10. The van der Waals surface area contributed by atoms with E-state index in [1.807, 2.05) is 12.1 Å². The third kappa shape index (κ3) is 3.81. The van der Waals surface area contributed by atoms with Crippen molar-refractivity contribution in [3.05, 3.63) is 22.6 Å². The van der Waals surface area contributed by atoms with Crippen LogP contribution in [0.4, 0.5) is 0 Å². The van der Waals surface area contributed by atoms with Gasteiger partial charge in [0.25, 0.3) is 0 Å². The number of esters is 1. The highest BCUT2D eigenvalue weighted by atomic mass is 79.9. The van der Waals surface area contributed by atoms with Crippen molar-refractivity contribution in [2.45, 2.75) is 25.5 Å². The summed E-state index contributed by atoms with van der Waals surface area (Å²) in [6, 6.07) is 3.82. The molecule has 0 aliphatic carbocycles. The molecule has 0 saturated carbocycles. The molecule has 1 atom stereocenters. The van der Waals surface area contributed by atoms with Gasteiger partial charge < -0.3 is 14.3 Å². The molecule has 1 fully saturated rings. The molecule has 2 heterocycles. The van der Waals surface area contributed by atoms with Gasteiger partial charge in [-0.3, -0.25) is 4.90 Å².